The molecule has 1 aromatic carbocycles. The predicted octanol–water partition coefficient (Wildman–Crippen LogP) is 2.99. The van der Waals surface area contributed by atoms with Gasteiger partial charge in [0.2, 0.25) is 11.8 Å². The smallest absolute Gasteiger partial charge is 0.248 e. The Bertz CT molecular complexity index is 763. The van der Waals surface area contributed by atoms with Crippen molar-refractivity contribution < 1.29 is 14.3 Å². The van der Waals surface area contributed by atoms with Gasteiger partial charge in [0.15, 0.2) is 0 Å². The average Bonchev–Trinajstić information content (AvgIpc) is 2.92. The highest BCUT2D eigenvalue weighted by molar-refractivity contribution is 5.89. The van der Waals surface area contributed by atoms with Gasteiger partial charge < -0.3 is 15.0 Å². The Hall–Kier alpha value is -2.12. The second kappa shape index (κ2) is 9.79. The van der Waals surface area contributed by atoms with Gasteiger partial charge in [-0.2, -0.15) is 0 Å². The van der Waals surface area contributed by atoms with Crippen molar-refractivity contribution in [3.05, 3.63) is 23.8 Å². The molecule has 1 aromatic rings. The molecule has 0 bridgehead atoms. The Labute approximate surface area is 179 Å². The molecule has 2 unspecified atom stereocenters. The molecule has 2 fully saturated rings. The Balaban J connectivity index is 1.82. The third kappa shape index (κ3) is 5.13. The number of likely N-dealkylation sites (N-methyl/N-ethyl adjacent to an activating group) is 1. The quantitative estimate of drug-likeness (QED) is 0.605. The summed E-state index contributed by atoms with van der Waals surface area (Å²) < 4.78 is 6.29. The number of carbonyl (C=O) groups is 2. The first-order chi connectivity index (χ1) is 14.3. The minimum absolute atomic E-state index is 0.00405. The molecule has 7 nitrogen and oxygen atoms in total. The van der Waals surface area contributed by atoms with Gasteiger partial charge in [-0.3, -0.25) is 20.6 Å². The monoisotopic (exact) mass is 416 g/mol. The predicted molar refractivity (Wildman–Crippen MR) is 118 cm³/mol. The van der Waals surface area contributed by atoms with E-state index in [9.17, 15) is 9.59 Å². The number of nitrogens with one attached hydrogen (secondary N) is 2. The van der Waals surface area contributed by atoms with E-state index in [-0.39, 0.29) is 18.4 Å². The fourth-order valence-corrected chi connectivity index (χ4v) is 4.74. The first-order valence-electron chi connectivity index (χ1n) is 11.2. The van der Waals surface area contributed by atoms with Crippen LogP contribution in [0.2, 0.25) is 0 Å². The lowest BCUT2D eigenvalue weighted by atomic mass is 9.79. The SMILES string of the molecule is CCCc1ccc(NC(C)=O)cc1OCC1(CC2CCCCC2)NC(N)N(C)C1=O. The molecule has 30 heavy (non-hydrogen) atoms. The summed E-state index contributed by atoms with van der Waals surface area (Å²) in [6.07, 6.45) is 8.08. The summed E-state index contributed by atoms with van der Waals surface area (Å²) in [5.74, 6) is 1.08. The van der Waals surface area contributed by atoms with Crippen LogP contribution in [0.25, 0.3) is 0 Å². The van der Waals surface area contributed by atoms with Crippen LogP contribution in [0, 0.1) is 5.92 Å². The standard InChI is InChI=1S/C23H36N4O3/c1-4-8-18-11-12-19(25-16(2)28)13-20(18)30-15-23(14-17-9-6-5-7-10-17)21(29)27(3)22(24)26-23/h11-13,17,22,26H,4-10,14-15,24H2,1-3H3,(H,25,28). The van der Waals surface area contributed by atoms with Gasteiger partial charge in [0, 0.05) is 25.7 Å². The van der Waals surface area contributed by atoms with Crippen LogP contribution in [0.3, 0.4) is 0 Å². The largest absolute Gasteiger partial charge is 0.491 e. The van der Waals surface area contributed by atoms with Crippen molar-refractivity contribution in [2.24, 2.45) is 11.7 Å². The average molecular weight is 417 g/mol. The van der Waals surface area contributed by atoms with E-state index in [0.29, 0.717) is 17.4 Å². The Morgan fingerprint density at radius 2 is 2.07 bits per heavy atom. The molecule has 166 valence electrons. The number of nitrogens with two attached hydrogens (primary N) is 1. The number of benzene rings is 1. The van der Waals surface area contributed by atoms with Crippen molar-refractivity contribution >= 4 is 17.5 Å². The number of aryl methyl sites for hydroxylation is 1. The third-order valence-corrected chi connectivity index (χ3v) is 6.31. The molecule has 7 heteroatoms. The number of nitrogens with zero attached hydrogens (tertiary/aromatic N) is 1. The molecule has 4 N–H and O–H groups in total. The first kappa shape index (κ1) is 22.6. The van der Waals surface area contributed by atoms with Crippen molar-refractivity contribution in [2.45, 2.75) is 77.0 Å². The summed E-state index contributed by atoms with van der Waals surface area (Å²) in [7, 11) is 1.74. The molecule has 2 atom stereocenters. The van der Waals surface area contributed by atoms with Crippen molar-refractivity contribution in [3.63, 3.8) is 0 Å². The van der Waals surface area contributed by atoms with Crippen LogP contribution in [0.15, 0.2) is 18.2 Å². The molecule has 2 aliphatic rings. The van der Waals surface area contributed by atoms with Crippen molar-refractivity contribution in [1.82, 2.24) is 10.2 Å². The van der Waals surface area contributed by atoms with E-state index in [1.807, 2.05) is 18.2 Å². The minimum atomic E-state index is -0.816. The topological polar surface area (TPSA) is 96.7 Å². The zero-order valence-electron chi connectivity index (χ0n) is 18.5. The lowest BCUT2D eigenvalue weighted by molar-refractivity contribution is -0.133. The maximum absolute atomic E-state index is 13.2. The molecule has 1 heterocycles. The Morgan fingerprint density at radius 3 is 2.67 bits per heavy atom. The highest BCUT2D eigenvalue weighted by Gasteiger charge is 2.50. The molecule has 0 spiro atoms. The normalized spacial score (nSPS) is 24.9. The van der Waals surface area contributed by atoms with Crippen LogP contribution < -0.4 is 21.1 Å². The van der Waals surface area contributed by atoms with E-state index in [4.69, 9.17) is 10.5 Å². The van der Waals surface area contributed by atoms with Crippen LogP contribution in [-0.2, 0) is 16.0 Å². The lowest BCUT2D eigenvalue weighted by Gasteiger charge is -2.33. The van der Waals surface area contributed by atoms with Crippen molar-refractivity contribution in [1.29, 1.82) is 0 Å². The maximum atomic E-state index is 13.2. The van der Waals surface area contributed by atoms with Crippen LogP contribution in [0.5, 0.6) is 5.75 Å². The lowest BCUT2D eigenvalue weighted by Crippen LogP contribution is -2.54. The first-order valence-corrected chi connectivity index (χ1v) is 11.2. The zero-order chi connectivity index (χ0) is 21.7. The van der Waals surface area contributed by atoms with Gasteiger partial charge in [-0.15, -0.1) is 0 Å². The number of ether oxygens (including phenoxy) is 1. The van der Waals surface area contributed by atoms with Gasteiger partial charge in [-0.1, -0.05) is 51.5 Å². The number of anilines is 1. The van der Waals surface area contributed by atoms with Gasteiger partial charge in [-0.25, -0.2) is 0 Å². The molecule has 1 aliphatic heterocycles. The molecule has 0 radical (unpaired) electrons. The van der Waals surface area contributed by atoms with Gasteiger partial charge in [-0.05, 0) is 30.4 Å². The van der Waals surface area contributed by atoms with E-state index < -0.39 is 11.8 Å². The summed E-state index contributed by atoms with van der Waals surface area (Å²) >= 11 is 0. The number of rotatable bonds is 8. The number of hydrogen-bond acceptors (Lipinski definition) is 5. The molecule has 1 saturated heterocycles. The highest BCUT2D eigenvalue weighted by atomic mass is 16.5. The summed E-state index contributed by atoms with van der Waals surface area (Å²) in [5.41, 5.74) is 7.11. The maximum Gasteiger partial charge on any atom is 0.248 e. The van der Waals surface area contributed by atoms with Crippen LogP contribution >= 0.6 is 0 Å². The van der Waals surface area contributed by atoms with Gasteiger partial charge >= 0.3 is 0 Å². The van der Waals surface area contributed by atoms with Gasteiger partial charge in [0.25, 0.3) is 0 Å². The minimum Gasteiger partial charge on any atom is -0.491 e. The Morgan fingerprint density at radius 1 is 1.33 bits per heavy atom. The molecule has 1 aliphatic carbocycles. The van der Waals surface area contributed by atoms with Crippen molar-refractivity contribution in [2.75, 3.05) is 19.0 Å². The van der Waals surface area contributed by atoms with Crippen molar-refractivity contribution in [3.8, 4) is 5.75 Å². The van der Waals surface area contributed by atoms with E-state index >= 15 is 0 Å². The second-order valence-corrected chi connectivity index (χ2v) is 8.84. The van der Waals surface area contributed by atoms with Gasteiger partial charge in [0.1, 0.15) is 24.2 Å². The molecule has 0 aromatic heterocycles. The molecular weight excluding hydrogens is 380 g/mol. The summed E-state index contributed by atoms with van der Waals surface area (Å²) in [6.45, 7) is 3.82. The summed E-state index contributed by atoms with van der Waals surface area (Å²) in [6, 6.07) is 5.73. The molecule has 2 amide bonds. The van der Waals surface area contributed by atoms with Gasteiger partial charge in [0.05, 0.1) is 0 Å². The number of amides is 2. The van der Waals surface area contributed by atoms with E-state index in [1.165, 1.54) is 26.2 Å². The number of hydrogen-bond donors (Lipinski definition) is 3. The fourth-order valence-electron chi connectivity index (χ4n) is 4.74. The van der Waals surface area contributed by atoms with Crippen LogP contribution in [0.4, 0.5) is 5.69 Å². The van der Waals surface area contributed by atoms with E-state index in [1.54, 1.807) is 11.9 Å². The third-order valence-electron chi connectivity index (χ3n) is 6.31. The van der Waals surface area contributed by atoms with Crippen LogP contribution in [0.1, 0.15) is 64.4 Å². The molecule has 3 rings (SSSR count). The highest BCUT2D eigenvalue weighted by Crippen LogP contribution is 2.35. The van der Waals surface area contributed by atoms with Crippen LogP contribution in [-0.4, -0.2) is 42.2 Å². The summed E-state index contributed by atoms with van der Waals surface area (Å²) in [5, 5.41) is 6.15. The molecular formula is C23H36N4O3. The van der Waals surface area contributed by atoms with E-state index in [0.717, 1.165) is 37.7 Å². The Kier molecular flexibility index (Phi) is 7.36. The zero-order valence-corrected chi connectivity index (χ0v) is 18.5. The fraction of sp³-hybridized carbons (Fsp3) is 0.652. The van der Waals surface area contributed by atoms with E-state index in [2.05, 4.69) is 17.6 Å². The summed E-state index contributed by atoms with van der Waals surface area (Å²) in [4.78, 5) is 26.2. The number of carbonyl (C=O) groups excluding carboxylic acids is 2. The molecule has 1 saturated carbocycles. The second-order valence-electron chi connectivity index (χ2n) is 8.84.